The highest BCUT2D eigenvalue weighted by molar-refractivity contribution is 5.12. The summed E-state index contributed by atoms with van der Waals surface area (Å²) in [5.41, 5.74) is -0.331. The van der Waals surface area contributed by atoms with Crippen LogP contribution in [0.2, 0.25) is 0 Å². The van der Waals surface area contributed by atoms with Gasteiger partial charge in [-0.2, -0.15) is 5.26 Å². The fourth-order valence-electron chi connectivity index (χ4n) is 3.89. The summed E-state index contributed by atoms with van der Waals surface area (Å²) in [5, 5.41) is 13.2. The highest BCUT2D eigenvalue weighted by Crippen LogP contribution is 2.32. The summed E-state index contributed by atoms with van der Waals surface area (Å²) in [5.74, 6) is 0. The molecule has 0 bridgehead atoms. The summed E-state index contributed by atoms with van der Waals surface area (Å²) in [6.07, 6.45) is 4.88. The molecule has 2 unspecified atom stereocenters. The average Bonchev–Trinajstić information content (AvgIpc) is 2.37. The smallest absolute Gasteiger partial charge is 0.108 e. The Bertz CT molecular complexity index is 355. The summed E-state index contributed by atoms with van der Waals surface area (Å²) < 4.78 is 5.83. The fraction of sp³-hybridized carbons (Fsp3) is 0.938. The van der Waals surface area contributed by atoms with Crippen molar-refractivity contribution in [2.24, 2.45) is 0 Å². The first kappa shape index (κ1) is 15.8. The number of morpholine rings is 1. The molecule has 0 spiro atoms. The number of nitrogens with zero attached hydrogens (tertiary/aromatic N) is 2. The third-order valence-electron chi connectivity index (χ3n) is 4.47. The third-order valence-corrected chi connectivity index (χ3v) is 4.47. The summed E-state index contributed by atoms with van der Waals surface area (Å²) in [6, 6.07) is 3.45. The van der Waals surface area contributed by atoms with Gasteiger partial charge in [0.25, 0.3) is 0 Å². The first-order valence-electron chi connectivity index (χ1n) is 8.02. The quantitative estimate of drug-likeness (QED) is 0.861. The average molecular weight is 279 g/mol. The van der Waals surface area contributed by atoms with Crippen molar-refractivity contribution in [1.29, 1.82) is 5.26 Å². The fourth-order valence-corrected chi connectivity index (χ4v) is 3.89. The zero-order chi connectivity index (χ0) is 14.8. The molecule has 1 N–H and O–H groups in total. The highest BCUT2D eigenvalue weighted by Gasteiger charge is 2.40. The maximum atomic E-state index is 9.65. The normalized spacial score (nSPS) is 39.7. The van der Waals surface area contributed by atoms with E-state index in [0.717, 1.165) is 32.4 Å². The SMILES string of the molecule is CC(C)NC1(C#N)CCCC(N2C[C@@H](C)O[C@@H](C)C2)C1. The minimum Gasteiger partial charge on any atom is -0.373 e. The Morgan fingerprint density at radius 1 is 1.30 bits per heavy atom. The number of rotatable bonds is 3. The van der Waals surface area contributed by atoms with Gasteiger partial charge in [-0.15, -0.1) is 0 Å². The van der Waals surface area contributed by atoms with E-state index in [0.29, 0.717) is 24.3 Å². The molecule has 2 fully saturated rings. The second-order valence-corrected chi connectivity index (χ2v) is 6.95. The van der Waals surface area contributed by atoms with Crippen LogP contribution in [0.4, 0.5) is 0 Å². The second-order valence-electron chi connectivity index (χ2n) is 6.95. The van der Waals surface area contributed by atoms with Gasteiger partial charge >= 0.3 is 0 Å². The Balaban J connectivity index is 2.04. The van der Waals surface area contributed by atoms with E-state index in [1.165, 1.54) is 6.42 Å². The van der Waals surface area contributed by atoms with Crippen LogP contribution in [0.5, 0.6) is 0 Å². The van der Waals surface area contributed by atoms with Gasteiger partial charge in [-0.05, 0) is 53.4 Å². The van der Waals surface area contributed by atoms with E-state index in [1.54, 1.807) is 0 Å². The van der Waals surface area contributed by atoms with E-state index in [1.807, 2.05) is 0 Å². The Hall–Kier alpha value is -0.630. The molecule has 2 aliphatic rings. The molecule has 4 nitrogen and oxygen atoms in total. The highest BCUT2D eigenvalue weighted by atomic mass is 16.5. The molecule has 1 aliphatic carbocycles. The molecule has 1 heterocycles. The molecule has 4 atom stereocenters. The molecular formula is C16H29N3O. The van der Waals surface area contributed by atoms with E-state index >= 15 is 0 Å². The van der Waals surface area contributed by atoms with Gasteiger partial charge in [-0.1, -0.05) is 0 Å². The zero-order valence-electron chi connectivity index (χ0n) is 13.4. The Labute approximate surface area is 123 Å². The second kappa shape index (κ2) is 6.43. The predicted octanol–water partition coefficient (Wildman–Crippen LogP) is 2.30. The van der Waals surface area contributed by atoms with Crippen molar-refractivity contribution in [2.45, 2.75) is 83.2 Å². The maximum absolute atomic E-state index is 9.65. The van der Waals surface area contributed by atoms with E-state index in [4.69, 9.17) is 4.74 Å². The molecular weight excluding hydrogens is 250 g/mol. The Kier molecular flexibility index (Phi) is 5.06. The van der Waals surface area contributed by atoms with E-state index in [-0.39, 0.29) is 5.54 Å². The number of nitriles is 1. The van der Waals surface area contributed by atoms with Crippen LogP contribution >= 0.6 is 0 Å². The minimum atomic E-state index is -0.331. The van der Waals surface area contributed by atoms with Crippen molar-refractivity contribution in [2.75, 3.05) is 13.1 Å². The Morgan fingerprint density at radius 3 is 2.50 bits per heavy atom. The van der Waals surface area contributed by atoms with Gasteiger partial charge in [0, 0.05) is 25.2 Å². The number of hydrogen-bond donors (Lipinski definition) is 1. The third kappa shape index (κ3) is 3.72. The molecule has 4 heteroatoms. The van der Waals surface area contributed by atoms with E-state index < -0.39 is 0 Å². The van der Waals surface area contributed by atoms with Crippen LogP contribution in [-0.4, -0.2) is 47.8 Å². The summed E-state index contributed by atoms with van der Waals surface area (Å²) in [7, 11) is 0. The largest absolute Gasteiger partial charge is 0.373 e. The molecule has 2 rings (SSSR count). The van der Waals surface area contributed by atoms with Gasteiger partial charge in [-0.25, -0.2) is 0 Å². The number of hydrogen-bond acceptors (Lipinski definition) is 4. The summed E-state index contributed by atoms with van der Waals surface area (Å²) in [6.45, 7) is 10.5. The van der Waals surface area contributed by atoms with Crippen molar-refractivity contribution in [3.63, 3.8) is 0 Å². The molecule has 1 aliphatic heterocycles. The number of ether oxygens (including phenoxy) is 1. The van der Waals surface area contributed by atoms with E-state index in [2.05, 4.69) is 44.0 Å². The van der Waals surface area contributed by atoms with Crippen molar-refractivity contribution < 1.29 is 4.74 Å². The minimum absolute atomic E-state index is 0.301. The van der Waals surface area contributed by atoms with Crippen molar-refractivity contribution in [3.05, 3.63) is 0 Å². The van der Waals surface area contributed by atoms with Gasteiger partial charge in [0.15, 0.2) is 0 Å². The van der Waals surface area contributed by atoms with Crippen LogP contribution in [0, 0.1) is 11.3 Å². The molecule has 0 amide bonds. The van der Waals surface area contributed by atoms with Gasteiger partial charge in [0.1, 0.15) is 5.54 Å². The lowest BCUT2D eigenvalue weighted by atomic mass is 9.78. The number of nitrogens with one attached hydrogen (secondary N) is 1. The van der Waals surface area contributed by atoms with Crippen molar-refractivity contribution in [1.82, 2.24) is 10.2 Å². The molecule has 20 heavy (non-hydrogen) atoms. The lowest BCUT2D eigenvalue weighted by Gasteiger charge is -2.46. The first-order chi connectivity index (χ1) is 9.44. The van der Waals surface area contributed by atoms with Gasteiger partial charge in [0.2, 0.25) is 0 Å². The predicted molar refractivity (Wildman–Crippen MR) is 80.5 cm³/mol. The van der Waals surface area contributed by atoms with Crippen LogP contribution in [0.3, 0.4) is 0 Å². The van der Waals surface area contributed by atoms with E-state index in [9.17, 15) is 5.26 Å². The monoisotopic (exact) mass is 279 g/mol. The van der Waals surface area contributed by atoms with Gasteiger partial charge in [0.05, 0.1) is 18.3 Å². The van der Waals surface area contributed by atoms with Crippen LogP contribution in [0.15, 0.2) is 0 Å². The molecule has 114 valence electrons. The van der Waals surface area contributed by atoms with Crippen LogP contribution in [0.25, 0.3) is 0 Å². The van der Waals surface area contributed by atoms with Crippen LogP contribution < -0.4 is 5.32 Å². The molecule has 1 saturated carbocycles. The zero-order valence-corrected chi connectivity index (χ0v) is 13.4. The topological polar surface area (TPSA) is 48.3 Å². The van der Waals surface area contributed by atoms with Crippen molar-refractivity contribution >= 4 is 0 Å². The lowest BCUT2D eigenvalue weighted by molar-refractivity contribution is -0.0868. The van der Waals surface area contributed by atoms with Gasteiger partial charge < -0.3 is 4.74 Å². The first-order valence-corrected chi connectivity index (χ1v) is 8.02. The van der Waals surface area contributed by atoms with Crippen molar-refractivity contribution in [3.8, 4) is 6.07 Å². The molecule has 0 aromatic rings. The Morgan fingerprint density at radius 2 is 1.95 bits per heavy atom. The summed E-state index contributed by atoms with van der Waals surface area (Å²) >= 11 is 0. The standard InChI is InChI=1S/C16H29N3O/c1-12(2)18-16(11-17)7-5-6-15(8-16)19-9-13(3)20-14(4)10-19/h12-15,18H,5-10H2,1-4H3/t13-,14+,15?,16?. The van der Waals surface area contributed by atoms with Gasteiger partial charge in [-0.3, -0.25) is 10.2 Å². The molecule has 1 saturated heterocycles. The summed E-state index contributed by atoms with van der Waals surface area (Å²) in [4.78, 5) is 2.55. The lowest BCUT2D eigenvalue weighted by Crippen LogP contribution is -2.57. The van der Waals surface area contributed by atoms with Crippen LogP contribution in [0.1, 0.15) is 53.4 Å². The molecule has 0 radical (unpaired) electrons. The molecule has 0 aromatic heterocycles. The maximum Gasteiger partial charge on any atom is 0.108 e. The molecule has 0 aromatic carbocycles. The van der Waals surface area contributed by atoms with Crippen LogP contribution in [-0.2, 0) is 4.74 Å².